The summed E-state index contributed by atoms with van der Waals surface area (Å²) in [4.78, 5) is 24.6. The van der Waals surface area contributed by atoms with E-state index >= 15 is 0 Å². The van der Waals surface area contributed by atoms with Gasteiger partial charge in [-0.05, 0) is 30.7 Å². The third kappa shape index (κ3) is 4.43. The second-order valence-corrected chi connectivity index (χ2v) is 6.53. The monoisotopic (exact) mass is 366 g/mol. The number of benzene rings is 1. The van der Waals surface area contributed by atoms with Crippen molar-refractivity contribution >= 4 is 16.9 Å². The first-order chi connectivity index (χ1) is 13.3. The molecule has 0 bridgehead atoms. The maximum absolute atomic E-state index is 11.3. The number of rotatable bonds is 6. The highest BCUT2D eigenvalue weighted by atomic mass is 16.5. The van der Waals surface area contributed by atoms with Gasteiger partial charge in [0, 0.05) is 62.6 Å². The number of nitrogens with zero attached hydrogens (tertiary/aromatic N) is 4. The van der Waals surface area contributed by atoms with Crippen LogP contribution >= 0.6 is 0 Å². The van der Waals surface area contributed by atoms with Crippen LogP contribution in [0.2, 0.25) is 0 Å². The zero-order chi connectivity index (χ0) is 18.5. The van der Waals surface area contributed by atoms with Gasteiger partial charge >= 0.3 is 5.63 Å². The summed E-state index contributed by atoms with van der Waals surface area (Å²) < 4.78 is 11.0. The fourth-order valence-electron chi connectivity index (χ4n) is 3.23. The second kappa shape index (κ2) is 8.18. The van der Waals surface area contributed by atoms with Crippen LogP contribution in [0, 0.1) is 0 Å². The lowest BCUT2D eigenvalue weighted by Crippen LogP contribution is -2.47. The van der Waals surface area contributed by atoms with Crippen LogP contribution in [0.5, 0.6) is 5.75 Å². The summed E-state index contributed by atoms with van der Waals surface area (Å²) in [5.41, 5.74) is 0.207. The smallest absolute Gasteiger partial charge is 0.336 e. The van der Waals surface area contributed by atoms with Crippen LogP contribution in [-0.4, -0.2) is 54.2 Å². The van der Waals surface area contributed by atoms with Crippen molar-refractivity contribution in [2.75, 3.05) is 44.2 Å². The average Bonchev–Trinajstić information content (AvgIpc) is 2.72. The van der Waals surface area contributed by atoms with E-state index in [9.17, 15) is 4.79 Å². The van der Waals surface area contributed by atoms with Crippen LogP contribution in [0.3, 0.4) is 0 Å². The van der Waals surface area contributed by atoms with Gasteiger partial charge in [0.2, 0.25) is 5.95 Å². The molecule has 7 heteroatoms. The summed E-state index contributed by atoms with van der Waals surface area (Å²) >= 11 is 0. The Bertz CT molecular complexity index is 937. The van der Waals surface area contributed by atoms with Crippen molar-refractivity contribution < 1.29 is 9.15 Å². The van der Waals surface area contributed by atoms with Gasteiger partial charge < -0.3 is 14.1 Å². The van der Waals surface area contributed by atoms with Gasteiger partial charge in [-0.25, -0.2) is 14.8 Å². The molecule has 1 fully saturated rings. The minimum Gasteiger partial charge on any atom is -0.493 e. The summed E-state index contributed by atoms with van der Waals surface area (Å²) in [6.45, 7) is 5.50. The van der Waals surface area contributed by atoms with Crippen molar-refractivity contribution in [2.45, 2.75) is 6.42 Å². The van der Waals surface area contributed by atoms with Crippen molar-refractivity contribution in [1.82, 2.24) is 14.9 Å². The molecule has 7 nitrogen and oxygen atoms in total. The molecule has 1 aliphatic heterocycles. The van der Waals surface area contributed by atoms with Crippen molar-refractivity contribution in [3.8, 4) is 5.75 Å². The number of hydrogen-bond acceptors (Lipinski definition) is 7. The predicted octanol–water partition coefficient (Wildman–Crippen LogP) is 2.17. The summed E-state index contributed by atoms with van der Waals surface area (Å²) in [7, 11) is 0. The lowest BCUT2D eigenvalue weighted by molar-refractivity contribution is 0.224. The van der Waals surface area contributed by atoms with Gasteiger partial charge in [0.15, 0.2) is 0 Å². The van der Waals surface area contributed by atoms with E-state index in [0.29, 0.717) is 12.2 Å². The molecule has 0 N–H and O–H groups in total. The van der Waals surface area contributed by atoms with E-state index in [0.717, 1.165) is 56.2 Å². The molecule has 1 aromatic carbocycles. The molecule has 4 rings (SSSR count). The standard InChI is InChI=1S/C20H22N4O3/c25-19-6-4-16-3-5-17(15-18(16)27-19)26-14-2-9-23-10-12-24(13-11-23)20-21-7-1-8-22-20/h1,3-8,15H,2,9-14H2. The Labute approximate surface area is 157 Å². The fraction of sp³-hybridized carbons (Fsp3) is 0.350. The molecule has 0 spiro atoms. The van der Waals surface area contributed by atoms with Crippen molar-refractivity contribution in [3.05, 3.63) is 59.2 Å². The molecule has 0 atom stereocenters. The van der Waals surface area contributed by atoms with Crippen LogP contribution in [0.1, 0.15) is 6.42 Å². The van der Waals surface area contributed by atoms with Gasteiger partial charge in [-0.3, -0.25) is 4.90 Å². The Kier molecular flexibility index (Phi) is 5.29. The molecular weight excluding hydrogens is 344 g/mol. The molecule has 0 unspecified atom stereocenters. The van der Waals surface area contributed by atoms with E-state index in [4.69, 9.17) is 9.15 Å². The SMILES string of the molecule is O=c1ccc2ccc(OCCCN3CCN(c4ncccn4)CC3)cc2o1. The zero-order valence-corrected chi connectivity index (χ0v) is 15.1. The number of aromatic nitrogens is 2. The number of fused-ring (bicyclic) bond motifs is 1. The van der Waals surface area contributed by atoms with E-state index in [2.05, 4.69) is 19.8 Å². The first kappa shape index (κ1) is 17.5. The summed E-state index contributed by atoms with van der Waals surface area (Å²) in [6.07, 6.45) is 4.51. The molecule has 3 heterocycles. The summed E-state index contributed by atoms with van der Waals surface area (Å²) in [5, 5.41) is 0.891. The predicted molar refractivity (Wildman–Crippen MR) is 103 cm³/mol. The van der Waals surface area contributed by atoms with Crippen molar-refractivity contribution in [1.29, 1.82) is 0 Å². The molecule has 0 amide bonds. The molecule has 2 aromatic heterocycles. The summed E-state index contributed by atoms with van der Waals surface area (Å²) in [5.74, 6) is 1.53. The maximum atomic E-state index is 11.3. The maximum Gasteiger partial charge on any atom is 0.336 e. The molecule has 0 aliphatic carbocycles. The Morgan fingerprint density at radius 3 is 2.63 bits per heavy atom. The van der Waals surface area contributed by atoms with Gasteiger partial charge in [-0.1, -0.05) is 0 Å². The lowest BCUT2D eigenvalue weighted by Gasteiger charge is -2.34. The van der Waals surface area contributed by atoms with Gasteiger partial charge in [0.05, 0.1) is 6.61 Å². The van der Waals surface area contributed by atoms with Crippen molar-refractivity contribution in [2.24, 2.45) is 0 Å². The number of anilines is 1. The highest BCUT2D eigenvalue weighted by molar-refractivity contribution is 5.77. The number of ether oxygens (including phenoxy) is 1. The first-order valence-electron chi connectivity index (χ1n) is 9.19. The third-order valence-corrected chi connectivity index (χ3v) is 4.69. The quantitative estimate of drug-likeness (QED) is 0.489. The van der Waals surface area contributed by atoms with E-state index < -0.39 is 0 Å². The molecule has 1 aliphatic rings. The van der Waals surface area contributed by atoms with E-state index in [-0.39, 0.29) is 5.63 Å². The van der Waals surface area contributed by atoms with Crippen LogP contribution in [0.15, 0.2) is 58.0 Å². The zero-order valence-electron chi connectivity index (χ0n) is 15.1. The Hall–Kier alpha value is -2.93. The van der Waals surface area contributed by atoms with Gasteiger partial charge in [0.1, 0.15) is 11.3 Å². The van der Waals surface area contributed by atoms with E-state index in [1.807, 2.05) is 18.2 Å². The minimum absolute atomic E-state index is 0.348. The fourth-order valence-corrected chi connectivity index (χ4v) is 3.23. The topological polar surface area (TPSA) is 71.7 Å². The number of hydrogen-bond donors (Lipinski definition) is 0. The minimum atomic E-state index is -0.348. The highest BCUT2D eigenvalue weighted by Gasteiger charge is 2.18. The lowest BCUT2D eigenvalue weighted by atomic mass is 10.2. The van der Waals surface area contributed by atoms with Gasteiger partial charge in [0.25, 0.3) is 0 Å². The molecule has 3 aromatic rings. The summed E-state index contributed by atoms with van der Waals surface area (Å²) in [6, 6.07) is 10.6. The number of piperazine rings is 1. The Balaban J connectivity index is 1.21. The third-order valence-electron chi connectivity index (χ3n) is 4.69. The van der Waals surface area contributed by atoms with Crippen LogP contribution in [-0.2, 0) is 0 Å². The van der Waals surface area contributed by atoms with Crippen LogP contribution < -0.4 is 15.3 Å². The van der Waals surface area contributed by atoms with Crippen molar-refractivity contribution in [3.63, 3.8) is 0 Å². The average molecular weight is 366 g/mol. The van der Waals surface area contributed by atoms with E-state index in [1.54, 1.807) is 24.5 Å². The largest absolute Gasteiger partial charge is 0.493 e. The van der Waals surface area contributed by atoms with Gasteiger partial charge in [-0.2, -0.15) is 0 Å². The highest BCUT2D eigenvalue weighted by Crippen LogP contribution is 2.19. The Morgan fingerprint density at radius 2 is 1.81 bits per heavy atom. The molecular formula is C20H22N4O3. The van der Waals surface area contributed by atoms with E-state index in [1.165, 1.54) is 6.07 Å². The molecule has 0 saturated carbocycles. The normalized spacial score (nSPS) is 15.2. The first-order valence-corrected chi connectivity index (χ1v) is 9.19. The van der Waals surface area contributed by atoms with Gasteiger partial charge in [-0.15, -0.1) is 0 Å². The molecule has 0 radical (unpaired) electrons. The molecule has 27 heavy (non-hydrogen) atoms. The second-order valence-electron chi connectivity index (χ2n) is 6.53. The molecule has 1 saturated heterocycles. The molecule has 140 valence electrons. The van der Waals surface area contributed by atoms with Crippen LogP contribution in [0.4, 0.5) is 5.95 Å². The Morgan fingerprint density at radius 1 is 1.04 bits per heavy atom. The van der Waals surface area contributed by atoms with Crippen LogP contribution in [0.25, 0.3) is 11.0 Å².